The Morgan fingerprint density at radius 3 is 1.96 bits per heavy atom. The Hall–Kier alpha value is -6.06. The average Bonchev–Trinajstić information content (AvgIpc) is 3.23. The molecule has 0 fully saturated rings. The van der Waals surface area contributed by atoms with Crippen molar-refractivity contribution < 1.29 is 20.1 Å². The number of hydrogen-bond acceptors (Lipinski definition) is 3. The first-order chi connectivity index (χ1) is 26.9. The Labute approximate surface area is 343 Å². The fourth-order valence-corrected chi connectivity index (χ4v) is 7.65. The third-order valence-corrected chi connectivity index (χ3v) is 10.5. The van der Waals surface area contributed by atoms with E-state index >= 15 is 0 Å². The first kappa shape index (κ1) is 38.2. The maximum absolute atomic E-state index is 4.80. The van der Waals surface area contributed by atoms with Crippen LogP contribution in [0, 0.1) is 46.8 Å². The first-order valence-corrected chi connectivity index (χ1v) is 18.7. The van der Waals surface area contributed by atoms with Crippen LogP contribution in [-0.4, -0.2) is 15.0 Å². The molecule has 56 heavy (non-hydrogen) atoms. The van der Waals surface area contributed by atoms with Gasteiger partial charge >= 0.3 is 0 Å². The molecule has 0 saturated heterocycles. The first-order valence-electron chi connectivity index (χ1n) is 18.7. The van der Waals surface area contributed by atoms with E-state index in [0.29, 0.717) is 0 Å². The smallest absolute Gasteiger partial charge is 0.0714 e. The summed E-state index contributed by atoms with van der Waals surface area (Å²) in [5, 5.41) is 3.63. The molecule has 0 unspecified atom stereocenters. The van der Waals surface area contributed by atoms with Gasteiger partial charge < -0.3 is 9.97 Å². The molecule has 275 valence electrons. The Morgan fingerprint density at radius 2 is 1.20 bits per heavy atom. The number of pyridine rings is 3. The van der Waals surface area contributed by atoms with Crippen molar-refractivity contribution in [1.29, 1.82) is 0 Å². The number of nitrogens with zero attached hydrogens (tertiary/aromatic N) is 3. The average molecular weight is 900 g/mol. The van der Waals surface area contributed by atoms with Crippen molar-refractivity contribution in [2.24, 2.45) is 0 Å². The standard InChI is InChI=1S/C41H33N2.C11H8N.Ir/c1-25-20-38(43-24-28(25)4)32-13-9-14-33(21-32)40-26(2)19-27(3)41(29(40)5)37-23-39-35(15-10-18-42-39)34-17-16-31(22-36(34)37)30-11-7-6-8-12-30;1-2-6-10(7-3-1)11-8-4-5-9-12-11;/h6-12,14-24H,1-5H3;1-6,8-9H;/q2*-1;. The van der Waals surface area contributed by atoms with Crippen molar-refractivity contribution in [3.8, 4) is 55.9 Å². The summed E-state index contributed by atoms with van der Waals surface area (Å²) < 4.78 is 0. The largest absolute Gasteiger partial charge is 0.305 e. The second-order valence-corrected chi connectivity index (χ2v) is 14.1. The summed E-state index contributed by atoms with van der Waals surface area (Å²) in [5.41, 5.74) is 18.6. The van der Waals surface area contributed by atoms with Crippen LogP contribution in [0.25, 0.3) is 77.6 Å². The maximum atomic E-state index is 4.80. The van der Waals surface area contributed by atoms with E-state index < -0.39 is 0 Å². The van der Waals surface area contributed by atoms with E-state index in [1.807, 2.05) is 67.0 Å². The molecule has 3 aromatic heterocycles. The van der Waals surface area contributed by atoms with Gasteiger partial charge in [0.15, 0.2) is 0 Å². The molecule has 0 saturated carbocycles. The van der Waals surface area contributed by atoms with Gasteiger partial charge in [-0.25, -0.2) is 0 Å². The fourth-order valence-electron chi connectivity index (χ4n) is 7.65. The van der Waals surface area contributed by atoms with Gasteiger partial charge in [0.2, 0.25) is 0 Å². The van der Waals surface area contributed by atoms with E-state index in [9.17, 15) is 0 Å². The van der Waals surface area contributed by atoms with Gasteiger partial charge in [-0.1, -0.05) is 78.4 Å². The number of fused-ring (bicyclic) bond motifs is 3. The Bertz CT molecular complexity index is 2760. The Morgan fingerprint density at radius 1 is 0.429 bits per heavy atom. The van der Waals surface area contributed by atoms with E-state index in [2.05, 4.69) is 137 Å². The van der Waals surface area contributed by atoms with E-state index in [1.165, 1.54) is 77.4 Å². The van der Waals surface area contributed by atoms with Crippen LogP contribution in [0.1, 0.15) is 27.8 Å². The van der Waals surface area contributed by atoms with Gasteiger partial charge in [0.05, 0.1) is 5.52 Å². The fraction of sp³-hybridized carbons (Fsp3) is 0.0962. The normalized spacial score (nSPS) is 10.8. The van der Waals surface area contributed by atoms with Crippen molar-refractivity contribution in [3.63, 3.8) is 0 Å². The van der Waals surface area contributed by atoms with Crippen LogP contribution in [0.2, 0.25) is 0 Å². The van der Waals surface area contributed by atoms with Crippen LogP contribution in [-0.2, 0) is 20.1 Å². The van der Waals surface area contributed by atoms with Gasteiger partial charge in [-0.3, -0.25) is 4.98 Å². The summed E-state index contributed by atoms with van der Waals surface area (Å²) in [7, 11) is 0. The van der Waals surface area contributed by atoms with Crippen LogP contribution in [0.5, 0.6) is 0 Å². The summed E-state index contributed by atoms with van der Waals surface area (Å²) in [6.45, 7) is 11.0. The zero-order valence-corrected chi connectivity index (χ0v) is 34.6. The summed E-state index contributed by atoms with van der Waals surface area (Å²) >= 11 is 0. The van der Waals surface area contributed by atoms with E-state index in [0.717, 1.165) is 28.0 Å². The Kier molecular flexibility index (Phi) is 11.4. The third kappa shape index (κ3) is 7.72. The summed E-state index contributed by atoms with van der Waals surface area (Å²) in [4.78, 5) is 13.7. The molecule has 0 amide bonds. The number of benzene rings is 6. The third-order valence-electron chi connectivity index (χ3n) is 10.5. The molecule has 0 atom stereocenters. The molecule has 0 aliphatic rings. The summed E-state index contributed by atoms with van der Waals surface area (Å²) in [6.07, 6.45) is 5.63. The zero-order valence-electron chi connectivity index (χ0n) is 32.2. The zero-order chi connectivity index (χ0) is 37.9. The SMILES string of the molecule is Cc1cnc(-c2[c-]ccc(-c3c(C)cc(C)c(-c4cc5ncccc5c5ccc(-c6ccccc6)cc45)c3C)c2)cc1C.[Ir].[c-]1ccccc1-c1ccccn1. The monoisotopic (exact) mass is 900 g/mol. The predicted molar refractivity (Wildman–Crippen MR) is 230 cm³/mol. The van der Waals surface area contributed by atoms with Crippen molar-refractivity contribution in [1.82, 2.24) is 15.0 Å². The number of rotatable bonds is 5. The molecule has 6 aromatic carbocycles. The van der Waals surface area contributed by atoms with Gasteiger partial charge in [-0.2, -0.15) is 0 Å². The minimum Gasteiger partial charge on any atom is -0.305 e. The van der Waals surface area contributed by atoms with Gasteiger partial charge in [0.1, 0.15) is 0 Å². The van der Waals surface area contributed by atoms with Gasteiger partial charge in [0, 0.05) is 44.1 Å². The molecular formula is C52H41IrN3-2. The van der Waals surface area contributed by atoms with E-state index in [-0.39, 0.29) is 20.1 Å². The molecule has 0 bridgehead atoms. The number of aryl methyl sites for hydroxylation is 4. The van der Waals surface area contributed by atoms with Crippen LogP contribution in [0.3, 0.4) is 0 Å². The summed E-state index contributed by atoms with van der Waals surface area (Å²) in [5.74, 6) is 0. The van der Waals surface area contributed by atoms with Crippen molar-refractivity contribution in [3.05, 3.63) is 198 Å². The Balaban J connectivity index is 0.000000315. The van der Waals surface area contributed by atoms with Crippen LogP contribution in [0.15, 0.2) is 158 Å². The molecule has 3 nitrogen and oxygen atoms in total. The van der Waals surface area contributed by atoms with E-state index in [4.69, 9.17) is 9.97 Å². The molecule has 9 rings (SSSR count). The van der Waals surface area contributed by atoms with Crippen LogP contribution in [0.4, 0.5) is 0 Å². The van der Waals surface area contributed by atoms with Crippen molar-refractivity contribution in [2.75, 3.05) is 0 Å². The molecule has 1 radical (unpaired) electrons. The number of aromatic nitrogens is 3. The predicted octanol–water partition coefficient (Wildman–Crippen LogP) is 13.3. The molecule has 4 heteroatoms. The molecule has 9 aromatic rings. The second kappa shape index (κ2) is 16.8. The summed E-state index contributed by atoms with van der Waals surface area (Å²) in [6, 6.07) is 55.1. The van der Waals surface area contributed by atoms with E-state index in [1.54, 1.807) is 6.20 Å². The van der Waals surface area contributed by atoms with Crippen molar-refractivity contribution in [2.45, 2.75) is 34.6 Å². The van der Waals surface area contributed by atoms with Crippen molar-refractivity contribution >= 4 is 21.7 Å². The van der Waals surface area contributed by atoms with Gasteiger partial charge in [0.25, 0.3) is 0 Å². The van der Waals surface area contributed by atoms with Gasteiger partial charge in [-0.05, 0) is 131 Å². The molecule has 0 aliphatic carbocycles. The van der Waals surface area contributed by atoms with Crippen LogP contribution >= 0.6 is 0 Å². The molecule has 0 N–H and O–H groups in total. The minimum absolute atomic E-state index is 0. The van der Waals surface area contributed by atoms with Gasteiger partial charge in [-0.15, -0.1) is 71.3 Å². The molecule has 0 aliphatic heterocycles. The quantitative estimate of drug-likeness (QED) is 0.128. The molecular weight excluding hydrogens is 859 g/mol. The second-order valence-electron chi connectivity index (χ2n) is 14.1. The van der Waals surface area contributed by atoms with Crippen LogP contribution < -0.4 is 0 Å². The minimum atomic E-state index is 0. The molecule has 0 spiro atoms. The molecule has 3 heterocycles. The number of hydrogen-bond donors (Lipinski definition) is 0. The maximum Gasteiger partial charge on any atom is 0.0714 e. The topological polar surface area (TPSA) is 38.7 Å².